The number of piperidine rings is 1. The second-order valence-electron chi connectivity index (χ2n) is 8.00. The van der Waals surface area contributed by atoms with Gasteiger partial charge >= 0.3 is 0 Å². The largest absolute Gasteiger partial charge is 0.336 e. The fourth-order valence-corrected chi connectivity index (χ4v) is 6.83. The number of rotatable bonds is 3. The second-order valence-corrected chi connectivity index (χ2v) is 11.1. The topological polar surface area (TPSA) is 57.7 Å². The molecule has 1 aromatic carbocycles. The number of sulfonamides is 1. The van der Waals surface area contributed by atoms with Crippen molar-refractivity contribution >= 4 is 27.3 Å². The molecule has 7 heteroatoms. The third kappa shape index (κ3) is 3.63. The summed E-state index contributed by atoms with van der Waals surface area (Å²) in [4.78, 5) is 14.9. The zero-order chi connectivity index (χ0) is 19.9. The van der Waals surface area contributed by atoms with E-state index in [1.54, 1.807) is 11.4 Å². The van der Waals surface area contributed by atoms with Crippen LogP contribution < -0.4 is 0 Å². The average Bonchev–Trinajstić information content (AvgIpc) is 3.20. The summed E-state index contributed by atoms with van der Waals surface area (Å²) in [7, 11) is -3.59. The maximum absolute atomic E-state index is 13.1. The maximum atomic E-state index is 13.1. The Labute approximate surface area is 171 Å². The Balaban J connectivity index is 1.54. The smallest absolute Gasteiger partial charge is 0.254 e. The number of carbonyl (C=O) groups is 1. The highest BCUT2D eigenvalue weighted by atomic mass is 32.2. The molecule has 2 atom stereocenters. The molecule has 0 bridgehead atoms. The van der Waals surface area contributed by atoms with E-state index in [0.717, 1.165) is 42.7 Å². The Morgan fingerprint density at radius 3 is 2.68 bits per heavy atom. The molecule has 1 saturated heterocycles. The van der Waals surface area contributed by atoms with Gasteiger partial charge in [-0.1, -0.05) is 31.2 Å². The Bertz CT molecular complexity index is 983. The maximum Gasteiger partial charge on any atom is 0.254 e. The van der Waals surface area contributed by atoms with Crippen LogP contribution in [-0.2, 0) is 23.0 Å². The van der Waals surface area contributed by atoms with Gasteiger partial charge in [-0.25, -0.2) is 8.42 Å². The zero-order valence-corrected chi connectivity index (χ0v) is 17.9. The van der Waals surface area contributed by atoms with Gasteiger partial charge in [0.2, 0.25) is 0 Å². The molecular formula is C21H26N2O3S2. The van der Waals surface area contributed by atoms with Crippen LogP contribution in [0.4, 0.5) is 0 Å². The van der Waals surface area contributed by atoms with Crippen molar-refractivity contribution in [2.45, 2.75) is 49.9 Å². The number of benzene rings is 1. The number of likely N-dealkylation sites (tertiary alicyclic amines) is 1. The van der Waals surface area contributed by atoms with Gasteiger partial charge in [0.05, 0.1) is 5.56 Å². The lowest BCUT2D eigenvalue weighted by Crippen LogP contribution is -2.44. The summed E-state index contributed by atoms with van der Waals surface area (Å²) in [5.74, 6) is 0.427. The van der Waals surface area contributed by atoms with Crippen LogP contribution in [0, 0.1) is 5.92 Å². The fourth-order valence-electron chi connectivity index (χ4n) is 4.10. The van der Waals surface area contributed by atoms with Gasteiger partial charge in [0.1, 0.15) is 4.21 Å². The molecule has 1 amide bonds. The van der Waals surface area contributed by atoms with E-state index in [9.17, 15) is 13.2 Å². The number of hydrogen-bond acceptors (Lipinski definition) is 4. The van der Waals surface area contributed by atoms with Crippen LogP contribution >= 0.6 is 11.3 Å². The monoisotopic (exact) mass is 418 g/mol. The van der Waals surface area contributed by atoms with Crippen LogP contribution in [0.5, 0.6) is 0 Å². The van der Waals surface area contributed by atoms with E-state index in [2.05, 4.69) is 19.9 Å². The van der Waals surface area contributed by atoms with Gasteiger partial charge in [0.15, 0.2) is 0 Å². The first-order chi connectivity index (χ1) is 13.4. The lowest BCUT2D eigenvalue weighted by atomic mass is 9.94. The van der Waals surface area contributed by atoms with Gasteiger partial charge in [-0.2, -0.15) is 4.31 Å². The standard InChI is InChI=1S/C21H26N2O3S2/c1-15-7-8-16(2)23(12-15)21(24)19-11-20(27-14-19)28(25,26)22-10-9-17-5-3-4-6-18(17)13-22/h3-6,11,14-16H,7-10,12-13H2,1-2H3. The lowest BCUT2D eigenvalue weighted by Gasteiger charge is -2.36. The SMILES string of the molecule is CC1CCC(C)N(C(=O)c2csc(S(=O)(=O)N3CCc4ccccc4C3)c2)C1. The van der Waals surface area contributed by atoms with Crippen molar-refractivity contribution in [3.05, 3.63) is 52.4 Å². The Hall–Kier alpha value is -1.70. The van der Waals surface area contributed by atoms with Crippen molar-refractivity contribution in [1.29, 1.82) is 0 Å². The second kappa shape index (κ2) is 7.61. The quantitative estimate of drug-likeness (QED) is 0.763. The normalized spacial score (nSPS) is 23.4. The highest BCUT2D eigenvalue weighted by Crippen LogP contribution is 2.30. The molecule has 5 nitrogen and oxygen atoms in total. The minimum absolute atomic E-state index is 0.0549. The summed E-state index contributed by atoms with van der Waals surface area (Å²) in [6, 6.07) is 9.73. The van der Waals surface area contributed by atoms with Crippen LogP contribution in [0.3, 0.4) is 0 Å². The first-order valence-electron chi connectivity index (χ1n) is 9.82. The number of fused-ring (bicyclic) bond motifs is 1. The first kappa shape index (κ1) is 19.6. The minimum Gasteiger partial charge on any atom is -0.336 e. The number of amides is 1. The van der Waals surface area contributed by atoms with Crippen LogP contribution in [0.1, 0.15) is 48.2 Å². The van der Waals surface area contributed by atoms with E-state index >= 15 is 0 Å². The summed E-state index contributed by atoms with van der Waals surface area (Å²) >= 11 is 1.15. The highest BCUT2D eigenvalue weighted by Gasteiger charge is 2.32. The molecule has 2 aliphatic heterocycles. The predicted octanol–water partition coefficient (Wildman–Crippen LogP) is 3.76. The van der Waals surface area contributed by atoms with Gasteiger partial charge < -0.3 is 4.90 Å². The van der Waals surface area contributed by atoms with Gasteiger partial charge in [-0.05, 0) is 49.3 Å². The predicted molar refractivity (Wildman–Crippen MR) is 111 cm³/mol. The molecule has 2 aromatic rings. The van der Waals surface area contributed by atoms with E-state index in [0.29, 0.717) is 24.6 Å². The molecular weight excluding hydrogens is 392 g/mol. The van der Waals surface area contributed by atoms with E-state index in [1.165, 1.54) is 9.87 Å². The van der Waals surface area contributed by atoms with Crippen LogP contribution in [0.2, 0.25) is 0 Å². The number of thiophene rings is 1. The number of hydrogen-bond donors (Lipinski definition) is 0. The van der Waals surface area contributed by atoms with E-state index in [1.807, 2.05) is 23.1 Å². The Morgan fingerprint density at radius 2 is 1.89 bits per heavy atom. The van der Waals surface area contributed by atoms with E-state index < -0.39 is 10.0 Å². The van der Waals surface area contributed by atoms with E-state index in [-0.39, 0.29) is 16.2 Å². The fraction of sp³-hybridized carbons (Fsp3) is 0.476. The van der Waals surface area contributed by atoms with Crippen LogP contribution in [0.15, 0.2) is 39.9 Å². The third-order valence-corrected chi connectivity index (χ3v) is 9.15. The highest BCUT2D eigenvalue weighted by molar-refractivity contribution is 7.91. The third-order valence-electron chi connectivity index (χ3n) is 5.89. The summed E-state index contributed by atoms with van der Waals surface area (Å²) < 4.78 is 28.1. The van der Waals surface area contributed by atoms with Crippen LogP contribution in [-0.4, -0.2) is 42.7 Å². The summed E-state index contributed by atoms with van der Waals surface area (Å²) in [5, 5.41) is 1.69. The molecule has 1 aromatic heterocycles. The molecule has 150 valence electrons. The van der Waals surface area contributed by atoms with Crippen molar-refractivity contribution < 1.29 is 13.2 Å². The molecule has 0 N–H and O–H groups in total. The Kier molecular flexibility index (Phi) is 5.33. The molecule has 0 aliphatic carbocycles. The zero-order valence-electron chi connectivity index (χ0n) is 16.3. The molecule has 4 rings (SSSR count). The minimum atomic E-state index is -3.59. The van der Waals surface area contributed by atoms with Gasteiger partial charge in [-0.3, -0.25) is 4.79 Å². The van der Waals surface area contributed by atoms with Crippen molar-refractivity contribution in [1.82, 2.24) is 9.21 Å². The van der Waals surface area contributed by atoms with Crippen molar-refractivity contribution in [2.75, 3.05) is 13.1 Å². The molecule has 28 heavy (non-hydrogen) atoms. The average molecular weight is 419 g/mol. The van der Waals surface area contributed by atoms with E-state index in [4.69, 9.17) is 0 Å². The van der Waals surface area contributed by atoms with Gasteiger partial charge in [-0.15, -0.1) is 11.3 Å². The summed E-state index contributed by atoms with van der Waals surface area (Å²) in [6.07, 6.45) is 2.84. The number of nitrogens with zero attached hydrogens (tertiary/aromatic N) is 2. The van der Waals surface area contributed by atoms with Gasteiger partial charge in [0, 0.05) is 31.1 Å². The first-order valence-corrected chi connectivity index (χ1v) is 12.1. The summed E-state index contributed by atoms with van der Waals surface area (Å²) in [5.41, 5.74) is 2.76. The molecule has 0 saturated carbocycles. The Morgan fingerprint density at radius 1 is 1.14 bits per heavy atom. The molecule has 0 spiro atoms. The van der Waals surface area contributed by atoms with Crippen LogP contribution in [0.25, 0.3) is 0 Å². The molecule has 2 unspecified atom stereocenters. The van der Waals surface area contributed by atoms with Crippen molar-refractivity contribution in [2.24, 2.45) is 5.92 Å². The molecule has 2 aliphatic rings. The van der Waals surface area contributed by atoms with Crippen molar-refractivity contribution in [3.63, 3.8) is 0 Å². The summed E-state index contributed by atoms with van der Waals surface area (Å²) in [6.45, 7) is 5.82. The lowest BCUT2D eigenvalue weighted by molar-refractivity contribution is 0.0574. The number of carbonyl (C=O) groups excluding carboxylic acids is 1. The molecule has 3 heterocycles. The van der Waals surface area contributed by atoms with Gasteiger partial charge in [0.25, 0.3) is 15.9 Å². The molecule has 0 radical (unpaired) electrons. The molecule has 1 fully saturated rings. The van der Waals surface area contributed by atoms with Crippen molar-refractivity contribution in [3.8, 4) is 0 Å².